The zero-order valence-corrected chi connectivity index (χ0v) is 15.2. The lowest BCUT2D eigenvalue weighted by Gasteiger charge is -2.17. The van der Waals surface area contributed by atoms with Crippen molar-refractivity contribution in [3.63, 3.8) is 0 Å². The summed E-state index contributed by atoms with van der Waals surface area (Å²) in [4.78, 5) is 12.0. The molecule has 0 saturated carbocycles. The Morgan fingerprint density at radius 3 is 2.82 bits per heavy atom. The van der Waals surface area contributed by atoms with Crippen LogP contribution in [-0.2, 0) is 14.8 Å². The predicted molar refractivity (Wildman–Crippen MR) is 88.4 cm³/mol. The van der Waals surface area contributed by atoms with Gasteiger partial charge in [0.2, 0.25) is 10.0 Å². The third-order valence-corrected chi connectivity index (χ3v) is 6.89. The SMILES string of the molecule is CNCC1CCN(S(=O)(=O)c2c(C)csc2C(=O)OC)C1.Cl. The Morgan fingerprint density at radius 1 is 1.55 bits per heavy atom. The van der Waals surface area contributed by atoms with Gasteiger partial charge in [0.25, 0.3) is 0 Å². The highest BCUT2D eigenvalue weighted by Crippen LogP contribution is 2.32. The molecule has 0 amide bonds. The largest absolute Gasteiger partial charge is 0.465 e. The number of sulfonamides is 1. The van der Waals surface area contributed by atoms with E-state index in [9.17, 15) is 13.2 Å². The number of rotatable bonds is 5. The quantitative estimate of drug-likeness (QED) is 0.797. The Labute approximate surface area is 141 Å². The molecule has 0 bridgehead atoms. The minimum absolute atomic E-state index is 0. The van der Waals surface area contributed by atoms with Crippen LogP contribution in [0.4, 0.5) is 0 Å². The monoisotopic (exact) mass is 368 g/mol. The third-order valence-electron chi connectivity index (χ3n) is 3.63. The van der Waals surface area contributed by atoms with E-state index in [1.54, 1.807) is 12.3 Å². The molecule has 1 aliphatic heterocycles. The lowest BCUT2D eigenvalue weighted by molar-refractivity contribution is 0.0602. The molecule has 1 saturated heterocycles. The van der Waals surface area contributed by atoms with Gasteiger partial charge in [0, 0.05) is 13.1 Å². The van der Waals surface area contributed by atoms with Crippen molar-refractivity contribution in [2.24, 2.45) is 5.92 Å². The van der Waals surface area contributed by atoms with Crippen LogP contribution in [0, 0.1) is 12.8 Å². The van der Waals surface area contributed by atoms with Crippen molar-refractivity contribution in [3.05, 3.63) is 15.8 Å². The van der Waals surface area contributed by atoms with E-state index in [-0.39, 0.29) is 22.2 Å². The number of aryl methyl sites for hydroxylation is 1. The van der Waals surface area contributed by atoms with E-state index in [1.165, 1.54) is 11.4 Å². The minimum Gasteiger partial charge on any atom is -0.465 e. The van der Waals surface area contributed by atoms with Crippen molar-refractivity contribution in [1.82, 2.24) is 9.62 Å². The molecule has 1 aliphatic rings. The van der Waals surface area contributed by atoms with Crippen LogP contribution in [0.25, 0.3) is 0 Å². The molecule has 9 heteroatoms. The summed E-state index contributed by atoms with van der Waals surface area (Å²) in [5.74, 6) is -0.289. The van der Waals surface area contributed by atoms with E-state index in [0.29, 0.717) is 24.6 Å². The van der Waals surface area contributed by atoms with Crippen LogP contribution in [0.15, 0.2) is 10.3 Å². The topological polar surface area (TPSA) is 75.7 Å². The fourth-order valence-electron chi connectivity index (χ4n) is 2.59. The summed E-state index contributed by atoms with van der Waals surface area (Å²) in [5.41, 5.74) is 0.595. The highest BCUT2D eigenvalue weighted by atomic mass is 35.5. The molecule has 0 aliphatic carbocycles. The lowest BCUT2D eigenvalue weighted by Crippen LogP contribution is -2.31. The minimum atomic E-state index is -3.65. The second-order valence-corrected chi connectivity index (χ2v) is 7.90. The number of carbonyl (C=O) groups is 1. The number of methoxy groups -OCH3 is 1. The fraction of sp³-hybridized carbons (Fsp3) is 0.615. The molecule has 1 fully saturated rings. The number of esters is 1. The van der Waals surface area contributed by atoms with Crippen molar-refractivity contribution < 1.29 is 17.9 Å². The number of hydrogen-bond donors (Lipinski definition) is 1. The number of carbonyl (C=O) groups excluding carboxylic acids is 1. The van der Waals surface area contributed by atoms with Crippen LogP contribution >= 0.6 is 23.7 Å². The summed E-state index contributed by atoms with van der Waals surface area (Å²) >= 11 is 1.11. The predicted octanol–water partition coefficient (Wildman–Crippen LogP) is 1.49. The molecule has 6 nitrogen and oxygen atoms in total. The molecule has 1 aromatic rings. The van der Waals surface area contributed by atoms with Crippen molar-refractivity contribution in [2.45, 2.75) is 18.2 Å². The van der Waals surface area contributed by atoms with Gasteiger partial charge in [-0.2, -0.15) is 4.31 Å². The van der Waals surface area contributed by atoms with Gasteiger partial charge in [-0.15, -0.1) is 23.7 Å². The summed E-state index contributed by atoms with van der Waals surface area (Å²) in [7, 11) is -0.535. The molecule has 2 rings (SSSR count). The molecule has 2 heterocycles. The summed E-state index contributed by atoms with van der Waals surface area (Å²) in [6.45, 7) is 3.47. The summed E-state index contributed by atoms with van der Waals surface area (Å²) < 4.78 is 31.8. The number of thiophene rings is 1. The van der Waals surface area contributed by atoms with E-state index < -0.39 is 16.0 Å². The first kappa shape index (κ1) is 19.4. The molecule has 0 aromatic carbocycles. The zero-order chi connectivity index (χ0) is 15.6. The van der Waals surface area contributed by atoms with Crippen LogP contribution in [0.5, 0.6) is 0 Å². The van der Waals surface area contributed by atoms with Gasteiger partial charge in [-0.3, -0.25) is 0 Å². The second kappa shape index (κ2) is 7.74. The molecule has 1 aromatic heterocycles. The highest BCUT2D eigenvalue weighted by Gasteiger charge is 2.36. The van der Waals surface area contributed by atoms with Gasteiger partial charge in [-0.25, -0.2) is 13.2 Å². The first-order chi connectivity index (χ1) is 9.91. The van der Waals surface area contributed by atoms with Crippen molar-refractivity contribution in [2.75, 3.05) is 33.8 Å². The average Bonchev–Trinajstić information content (AvgIpc) is 3.05. The smallest absolute Gasteiger partial charge is 0.349 e. The van der Waals surface area contributed by atoms with Gasteiger partial charge in [-0.1, -0.05) is 0 Å². The first-order valence-electron chi connectivity index (χ1n) is 6.73. The number of halogens is 1. The van der Waals surface area contributed by atoms with Gasteiger partial charge in [-0.05, 0) is 43.8 Å². The third kappa shape index (κ3) is 3.62. The second-order valence-electron chi connectivity index (χ2n) is 5.14. The van der Waals surface area contributed by atoms with Crippen LogP contribution < -0.4 is 5.32 Å². The molecule has 0 spiro atoms. The Hall–Kier alpha value is -0.670. The Bertz CT molecular complexity index is 630. The molecule has 1 atom stereocenters. The maximum atomic E-state index is 12.8. The summed E-state index contributed by atoms with van der Waals surface area (Å²) in [5, 5.41) is 4.75. The molecule has 0 radical (unpaired) electrons. The van der Waals surface area contributed by atoms with Gasteiger partial charge >= 0.3 is 5.97 Å². The van der Waals surface area contributed by atoms with E-state index >= 15 is 0 Å². The lowest BCUT2D eigenvalue weighted by atomic mass is 10.1. The highest BCUT2D eigenvalue weighted by molar-refractivity contribution is 7.89. The van der Waals surface area contributed by atoms with E-state index in [4.69, 9.17) is 0 Å². The molecule has 1 unspecified atom stereocenters. The average molecular weight is 369 g/mol. The number of ether oxygens (including phenoxy) is 1. The number of nitrogens with one attached hydrogen (secondary N) is 1. The molecule has 126 valence electrons. The van der Waals surface area contributed by atoms with Crippen LogP contribution in [-0.4, -0.2) is 52.5 Å². The normalized spacial score (nSPS) is 19.0. The fourth-order valence-corrected chi connectivity index (χ4v) is 5.78. The maximum absolute atomic E-state index is 12.8. The Morgan fingerprint density at radius 2 is 2.23 bits per heavy atom. The Kier molecular flexibility index (Phi) is 6.82. The van der Waals surface area contributed by atoms with Gasteiger partial charge in [0.15, 0.2) is 0 Å². The van der Waals surface area contributed by atoms with Gasteiger partial charge in [0.05, 0.1) is 7.11 Å². The maximum Gasteiger partial charge on any atom is 0.349 e. The van der Waals surface area contributed by atoms with E-state index in [0.717, 1.165) is 24.3 Å². The molecule has 22 heavy (non-hydrogen) atoms. The zero-order valence-electron chi connectivity index (χ0n) is 12.8. The number of nitrogens with zero attached hydrogens (tertiary/aromatic N) is 1. The van der Waals surface area contributed by atoms with Gasteiger partial charge in [0.1, 0.15) is 9.77 Å². The van der Waals surface area contributed by atoms with Crippen molar-refractivity contribution >= 4 is 39.7 Å². The number of hydrogen-bond acceptors (Lipinski definition) is 6. The van der Waals surface area contributed by atoms with E-state index in [2.05, 4.69) is 10.1 Å². The molecular formula is C13H21ClN2O4S2. The molecule has 1 N–H and O–H groups in total. The van der Waals surface area contributed by atoms with Gasteiger partial charge < -0.3 is 10.1 Å². The summed E-state index contributed by atoms with van der Waals surface area (Å²) in [6, 6.07) is 0. The Balaban J connectivity index is 0.00000242. The summed E-state index contributed by atoms with van der Waals surface area (Å²) in [6.07, 6.45) is 0.830. The van der Waals surface area contributed by atoms with Crippen LogP contribution in [0.2, 0.25) is 0 Å². The standard InChI is InChI=1S/C13H20N2O4S2.ClH/c1-9-8-20-11(13(16)19-3)12(9)21(17,18)15-5-4-10(7-15)6-14-2;/h8,10,14H,4-7H2,1-3H3;1H. The van der Waals surface area contributed by atoms with Crippen molar-refractivity contribution in [3.8, 4) is 0 Å². The molecular weight excluding hydrogens is 348 g/mol. The van der Waals surface area contributed by atoms with Crippen LogP contribution in [0.1, 0.15) is 21.7 Å². The van der Waals surface area contributed by atoms with E-state index in [1.807, 2.05) is 7.05 Å². The van der Waals surface area contributed by atoms with Crippen molar-refractivity contribution in [1.29, 1.82) is 0 Å². The van der Waals surface area contributed by atoms with Crippen LogP contribution in [0.3, 0.4) is 0 Å². The first-order valence-corrected chi connectivity index (χ1v) is 9.05.